The van der Waals surface area contributed by atoms with Crippen LogP contribution in [0.5, 0.6) is 0 Å². The first-order valence-electron chi connectivity index (χ1n) is 19.4. The molecule has 9 aromatic carbocycles. The van der Waals surface area contributed by atoms with Crippen molar-refractivity contribution in [2.45, 2.75) is 0 Å². The van der Waals surface area contributed by atoms with Gasteiger partial charge >= 0.3 is 0 Å². The van der Waals surface area contributed by atoms with Crippen LogP contribution in [-0.4, -0.2) is 4.57 Å². The molecule has 268 valence electrons. The molecule has 11 rings (SSSR count). The van der Waals surface area contributed by atoms with E-state index < -0.39 is 0 Å². The van der Waals surface area contributed by atoms with Gasteiger partial charge in [-0.15, -0.1) is 0 Å². The van der Waals surface area contributed by atoms with Gasteiger partial charge in [0.25, 0.3) is 0 Å². The second-order valence-electron chi connectivity index (χ2n) is 14.6. The van der Waals surface area contributed by atoms with E-state index in [9.17, 15) is 0 Å². The van der Waals surface area contributed by atoms with E-state index in [1.165, 1.54) is 38.5 Å². The third-order valence-electron chi connectivity index (χ3n) is 11.2. The number of nitrogens with zero attached hydrogens (tertiary/aromatic N) is 2. The SMILES string of the molecule is c1ccc(-c2cccc(N(c3ccc(-c4cccc(-n5c6ccccc6c6ccccc65)c4)cc3)c3cccc(-c4ccc5c(c4)oc4ccccc45)c3)c2)cc1. The number of rotatable bonds is 7. The smallest absolute Gasteiger partial charge is 0.136 e. The van der Waals surface area contributed by atoms with Crippen LogP contribution in [-0.2, 0) is 0 Å². The molecule has 0 saturated carbocycles. The summed E-state index contributed by atoms with van der Waals surface area (Å²) in [6.45, 7) is 0. The highest BCUT2D eigenvalue weighted by molar-refractivity contribution is 6.09. The number of hydrogen-bond acceptors (Lipinski definition) is 2. The Morgan fingerprint density at radius 1 is 0.298 bits per heavy atom. The normalized spacial score (nSPS) is 11.5. The third-order valence-corrected chi connectivity index (χ3v) is 11.2. The molecule has 0 aliphatic rings. The predicted octanol–water partition coefficient (Wildman–Crippen LogP) is 15.2. The van der Waals surface area contributed by atoms with Crippen LogP contribution in [0.1, 0.15) is 0 Å². The molecule has 3 heteroatoms. The number of fused-ring (bicyclic) bond motifs is 6. The second kappa shape index (κ2) is 13.6. The van der Waals surface area contributed by atoms with Gasteiger partial charge in [-0.05, 0) is 112 Å². The monoisotopic (exact) mass is 728 g/mol. The summed E-state index contributed by atoms with van der Waals surface area (Å²) in [6.07, 6.45) is 0. The zero-order valence-electron chi connectivity index (χ0n) is 31.1. The minimum atomic E-state index is 0.893. The van der Waals surface area contributed by atoms with Crippen molar-refractivity contribution in [2.75, 3.05) is 4.90 Å². The fourth-order valence-electron chi connectivity index (χ4n) is 8.46. The molecular formula is C54H36N2O. The number of aromatic nitrogens is 1. The zero-order valence-corrected chi connectivity index (χ0v) is 31.1. The average molecular weight is 729 g/mol. The summed E-state index contributed by atoms with van der Waals surface area (Å²) in [5.74, 6) is 0. The van der Waals surface area contributed by atoms with Gasteiger partial charge in [-0.25, -0.2) is 0 Å². The average Bonchev–Trinajstić information content (AvgIpc) is 3.83. The van der Waals surface area contributed by atoms with Crippen molar-refractivity contribution >= 4 is 60.8 Å². The molecule has 0 bridgehead atoms. The van der Waals surface area contributed by atoms with Crippen molar-refractivity contribution in [3.05, 3.63) is 218 Å². The summed E-state index contributed by atoms with van der Waals surface area (Å²) in [5.41, 5.74) is 15.5. The molecule has 0 radical (unpaired) electrons. The zero-order chi connectivity index (χ0) is 37.7. The molecule has 0 saturated heterocycles. The van der Waals surface area contributed by atoms with E-state index in [2.05, 4.69) is 216 Å². The first-order valence-corrected chi connectivity index (χ1v) is 19.4. The second-order valence-corrected chi connectivity index (χ2v) is 14.6. The molecule has 3 nitrogen and oxygen atoms in total. The molecule has 0 fully saturated rings. The van der Waals surface area contributed by atoms with Crippen molar-refractivity contribution < 1.29 is 4.42 Å². The lowest BCUT2D eigenvalue weighted by Crippen LogP contribution is -2.10. The summed E-state index contributed by atoms with van der Waals surface area (Å²) >= 11 is 0. The van der Waals surface area contributed by atoms with Crippen LogP contribution in [0.15, 0.2) is 223 Å². The summed E-state index contributed by atoms with van der Waals surface area (Å²) in [5, 5.41) is 4.79. The number of furan rings is 1. The van der Waals surface area contributed by atoms with E-state index in [1.807, 2.05) is 12.1 Å². The molecule has 0 unspecified atom stereocenters. The van der Waals surface area contributed by atoms with Crippen LogP contribution in [0, 0.1) is 0 Å². The van der Waals surface area contributed by atoms with Crippen molar-refractivity contribution in [3.63, 3.8) is 0 Å². The van der Waals surface area contributed by atoms with Crippen molar-refractivity contribution in [2.24, 2.45) is 0 Å². The Labute approximate surface area is 330 Å². The van der Waals surface area contributed by atoms with Gasteiger partial charge in [-0.2, -0.15) is 0 Å². The Morgan fingerprint density at radius 3 is 1.49 bits per heavy atom. The largest absolute Gasteiger partial charge is 0.456 e. The van der Waals surface area contributed by atoms with Gasteiger partial charge in [0.2, 0.25) is 0 Å². The molecule has 57 heavy (non-hydrogen) atoms. The van der Waals surface area contributed by atoms with Gasteiger partial charge in [0.05, 0.1) is 11.0 Å². The number of benzene rings is 9. The molecule has 0 amide bonds. The van der Waals surface area contributed by atoms with Gasteiger partial charge in [-0.3, -0.25) is 0 Å². The van der Waals surface area contributed by atoms with Gasteiger partial charge < -0.3 is 13.9 Å². The summed E-state index contributed by atoms with van der Waals surface area (Å²) in [7, 11) is 0. The highest BCUT2D eigenvalue weighted by Crippen LogP contribution is 2.40. The Hall–Kier alpha value is -7.62. The Kier molecular flexibility index (Phi) is 7.82. The molecule has 0 aliphatic carbocycles. The lowest BCUT2D eigenvalue weighted by atomic mass is 10.0. The van der Waals surface area contributed by atoms with Gasteiger partial charge in [-0.1, -0.05) is 140 Å². The molecule has 2 heterocycles. The van der Waals surface area contributed by atoms with E-state index in [4.69, 9.17) is 4.42 Å². The standard InChI is InChI=1S/C54H36N2O/c1-2-13-37(14-3-1)39-15-10-18-44(33-39)55(45-19-12-17-41(35-45)42-29-32-50-49-23-6-9-26-53(49)57-54(50)36-42)43-30-27-38(28-31-43)40-16-11-20-46(34-40)56-51-24-7-4-21-47(51)48-22-5-8-25-52(48)56/h1-36H. The quantitative estimate of drug-likeness (QED) is 0.163. The minimum absolute atomic E-state index is 0.893. The fourth-order valence-corrected chi connectivity index (χ4v) is 8.46. The van der Waals surface area contributed by atoms with Crippen LogP contribution in [0.2, 0.25) is 0 Å². The topological polar surface area (TPSA) is 21.3 Å². The summed E-state index contributed by atoms with van der Waals surface area (Å²) < 4.78 is 8.67. The van der Waals surface area contributed by atoms with E-state index in [0.29, 0.717) is 0 Å². The lowest BCUT2D eigenvalue weighted by Gasteiger charge is -2.27. The molecule has 0 spiro atoms. The first kappa shape index (κ1) is 32.8. The summed E-state index contributed by atoms with van der Waals surface area (Å²) in [6, 6.07) is 78.2. The Balaban J connectivity index is 1.00. The Morgan fingerprint density at radius 2 is 0.789 bits per heavy atom. The van der Waals surface area contributed by atoms with Crippen molar-refractivity contribution in [1.82, 2.24) is 4.57 Å². The predicted molar refractivity (Wildman–Crippen MR) is 239 cm³/mol. The van der Waals surface area contributed by atoms with Gasteiger partial charge in [0.1, 0.15) is 11.2 Å². The molecule has 11 aromatic rings. The maximum absolute atomic E-state index is 6.29. The van der Waals surface area contributed by atoms with E-state index in [1.54, 1.807) is 0 Å². The highest BCUT2D eigenvalue weighted by atomic mass is 16.3. The van der Waals surface area contributed by atoms with Crippen LogP contribution < -0.4 is 4.90 Å². The van der Waals surface area contributed by atoms with Crippen molar-refractivity contribution in [1.29, 1.82) is 0 Å². The molecule has 2 aromatic heterocycles. The minimum Gasteiger partial charge on any atom is -0.456 e. The third kappa shape index (κ3) is 5.76. The van der Waals surface area contributed by atoms with E-state index in [-0.39, 0.29) is 0 Å². The summed E-state index contributed by atoms with van der Waals surface area (Å²) in [4.78, 5) is 2.36. The Bertz CT molecular complexity index is 3190. The van der Waals surface area contributed by atoms with Crippen LogP contribution in [0.4, 0.5) is 17.1 Å². The first-order chi connectivity index (χ1) is 28.2. The molecule has 0 N–H and O–H groups in total. The fraction of sp³-hybridized carbons (Fsp3) is 0. The van der Waals surface area contributed by atoms with Crippen LogP contribution >= 0.6 is 0 Å². The van der Waals surface area contributed by atoms with Gasteiger partial charge in [0.15, 0.2) is 0 Å². The van der Waals surface area contributed by atoms with E-state index in [0.717, 1.165) is 61.4 Å². The lowest BCUT2D eigenvalue weighted by molar-refractivity contribution is 0.669. The van der Waals surface area contributed by atoms with Crippen LogP contribution in [0.3, 0.4) is 0 Å². The maximum Gasteiger partial charge on any atom is 0.136 e. The highest BCUT2D eigenvalue weighted by Gasteiger charge is 2.17. The van der Waals surface area contributed by atoms with Crippen LogP contribution in [0.25, 0.3) is 82.8 Å². The van der Waals surface area contributed by atoms with E-state index >= 15 is 0 Å². The molecular weight excluding hydrogens is 693 g/mol. The number of anilines is 3. The molecule has 0 aliphatic heterocycles. The number of hydrogen-bond donors (Lipinski definition) is 0. The number of para-hydroxylation sites is 3. The molecule has 0 atom stereocenters. The maximum atomic E-state index is 6.29. The van der Waals surface area contributed by atoms with Gasteiger partial charge in [0, 0.05) is 44.3 Å². The van der Waals surface area contributed by atoms with Crippen molar-refractivity contribution in [3.8, 4) is 39.1 Å².